The third-order valence-corrected chi connectivity index (χ3v) is 3.18. The molecule has 2 rings (SSSR count). The van der Waals surface area contributed by atoms with E-state index in [2.05, 4.69) is 24.2 Å². The normalized spacial score (nSPS) is 10.9. The van der Waals surface area contributed by atoms with Gasteiger partial charge in [-0.2, -0.15) is 0 Å². The topological polar surface area (TPSA) is 21.6 Å². The van der Waals surface area contributed by atoms with E-state index in [4.69, 9.17) is 16.4 Å². The molecule has 0 saturated carbocycles. The van der Waals surface area contributed by atoms with Crippen molar-refractivity contribution in [1.29, 1.82) is 0 Å². The van der Waals surface area contributed by atoms with Crippen LogP contribution in [0.4, 0.5) is 0 Å². The molecule has 0 saturated heterocycles. The van der Waals surface area contributed by atoms with Gasteiger partial charge in [0.25, 0.3) is 0 Å². The van der Waals surface area contributed by atoms with Gasteiger partial charge >= 0.3 is 0 Å². The molecule has 0 bridgehead atoms. The predicted molar refractivity (Wildman–Crippen MR) is 80.8 cm³/mol. The summed E-state index contributed by atoms with van der Waals surface area (Å²) in [5.41, 5.74) is 4.39. The van der Waals surface area contributed by atoms with Crippen molar-refractivity contribution in [1.82, 2.24) is 0 Å². The summed E-state index contributed by atoms with van der Waals surface area (Å²) >= 11 is 6.26. The number of oxime groups is 1. The van der Waals surface area contributed by atoms with Gasteiger partial charge in [0.05, 0.1) is 11.2 Å². The Labute approximate surface area is 118 Å². The molecule has 2 nitrogen and oxygen atoms in total. The lowest BCUT2D eigenvalue weighted by molar-refractivity contribution is 0.160. The molecule has 0 heterocycles. The number of halogens is 1. The van der Waals surface area contributed by atoms with Crippen LogP contribution in [-0.4, -0.2) is 12.8 Å². The molecule has 98 valence electrons. The zero-order chi connectivity index (χ0) is 13.7. The van der Waals surface area contributed by atoms with Crippen molar-refractivity contribution < 1.29 is 4.84 Å². The Morgan fingerprint density at radius 2 is 2.00 bits per heavy atom. The Morgan fingerprint density at radius 3 is 2.68 bits per heavy atom. The summed E-state index contributed by atoms with van der Waals surface area (Å²) < 4.78 is 0. The smallest absolute Gasteiger partial charge is 0.114 e. The van der Waals surface area contributed by atoms with Crippen LogP contribution < -0.4 is 0 Å². The van der Waals surface area contributed by atoms with Gasteiger partial charge in [-0.05, 0) is 36.6 Å². The Balaban J connectivity index is 2.31. The van der Waals surface area contributed by atoms with Crippen LogP contribution in [0.1, 0.15) is 18.1 Å². The van der Waals surface area contributed by atoms with Gasteiger partial charge in [-0.15, -0.1) is 0 Å². The van der Waals surface area contributed by atoms with Crippen molar-refractivity contribution in [3.05, 3.63) is 58.6 Å². The molecule has 0 atom stereocenters. The molecule has 0 fully saturated rings. The van der Waals surface area contributed by atoms with Crippen molar-refractivity contribution >= 4 is 17.8 Å². The molecule has 2 aromatic rings. The molecule has 3 heteroatoms. The minimum absolute atomic E-state index is 0.551. The van der Waals surface area contributed by atoms with Gasteiger partial charge in [-0.3, -0.25) is 0 Å². The molecule has 0 N–H and O–H groups in total. The van der Waals surface area contributed by atoms with Gasteiger partial charge < -0.3 is 4.84 Å². The van der Waals surface area contributed by atoms with E-state index >= 15 is 0 Å². The van der Waals surface area contributed by atoms with Crippen LogP contribution >= 0.6 is 11.6 Å². The summed E-state index contributed by atoms with van der Waals surface area (Å²) in [6, 6.07) is 14.2. The van der Waals surface area contributed by atoms with Crippen molar-refractivity contribution in [3.8, 4) is 11.1 Å². The van der Waals surface area contributed by atoms with Crippen molar-refractivity contribution in [2.24, 2.45) is 5.16 Å². The second-order valence-corrected chi connectivity index (χ2v) is 4.61. The van der Waals surface area contributed by atoms with Crippen molar-refractivity contribution in [3.63, 3.8) is 0 Å². The molecule has 0 unspecified atom stereocenters. The van der Waals surface area contributed by atoms with Gasteiger partial charge in [0, 0.05) is 5.56 Å². The summed E-state index contributed by atoms with van der Waals surface area (Å²) in [6.07, 6.45) is 1.63. The summed E-state index contributed by atoms with van der Waals surface area (Å²) in [5, 5.41) is 4.50. The third kappa shape index (κ3) is 3.36. The minimum atomic E-state index is 0.551. The maximum atomic E-state index is 6.26. The Bertz CT molecular complexity index is 593. The first-order chi connectivity index (χ1) is 9.22. The lowest BCUT2D eigenvalue weighted by Crippen LogP contribution is -1.88. The van der Waals surface area contributed by atoms with E-state index in [-0.39, 0.29) is 0 Å². The predicted octanol–water partition coefficient (Wildman–Crippen LogP) is 4.69. The van der Waals surface area contributed by atoms with E-state index in [0.717, 1.165) is 11.1 Å². The molecule has 0 aliphatic rings. The molecule has 0 radical (unpaired) electrons. The first-order valence-corrected chi connectivity index (χ1v) is 6.61. The summed E-state index contributed by atoms with van der Waals surface area (Å²) in [7, 11) is 0. The summed E-state index contributed by atoms with van der Waals surface area (Å²) in [6.45, 7) is 4.53. The SMILES string of the molecule is CCON=Cc1ccc(-c2ccccc2C)cc1Cl. The highest BCUT2D eigenvalue weighted by Crippen LogP contribution is 2.27. The molecule has 19 heavy (non-hydrogen) atoms. The Morgan fingerprint density at radius 1 is 1.21 bits per heavy atom. The monoisotopic (exact) mass is 273 g/mol. The molecule has 0 amide bonds. The quantitative estimate of drug-likeness (QED) is 0.585. The van der Waals surface area contributed by atoms with E-state index in [0.29, 0.717) is 11.6 Å². The van der Waals surface area contributed by atoms with E-state index in [9.17, 15) is 0 Å². The second kappa shape index (κ2) is 6.39. The van der Waals surface area contributed by atoms with Crippen LogP contribution in [0.3, 0.4) is 0 Å². The van der Waals surface area contributed by atoms with E-state index in [1.165, 1.54) is 11.1 Å². The lowest BCUT2D eigenvalue weighted by Gasteiger charge is -2.07. The van der Waals surface area contributed by atoms with Gasteiger partial charge in [0.15, 0.2) is 0 Å². The largest absolute Gasteiger partial charge is 0.396 e. The molecule has 0 aliphatic heterocycles. The first-order valence-electron chi connectivity index (χ1n) is 6.23. The molecular formula is C16H16ClNO. The van der Waals surface area contributed by atoms with Crippen LogP contribution in [0.5, 0.6) is 0 Å². The van der Waals surface area contributed by atoms with E-state index in [1.54, 1.807) is 6.21 Å². The number of hydrogen-bond donors (Lipinski definition) is 0. The third-order valence-electron chi connectivity index (χ3n) is 2.85. The fraction of sp³-hybridized carbons (Fsp3) is 0.188. The standard InChI is InChI=1S/C16H16ClNO/c1-3-19-18-11-14-9-8-13(10-16(14)17)15-7-5-4-6-12(15)2/h4-11H,3H2,1-2H3. The average molecular weight is 274 g/mol. The average Bonchev–Trinajstić information content (AvgIpc) is 2.41. The maximum Gasteiger partial charge on any atom is 0.114 e. The van der Waals surface area contributed by atoms with E-state index in [1.807, 2.05) is 37.3 Å². The molecule has 0 aromatic heterocycles. The van der Waals surface area contributed by atoms with Crippen LogP contribution in [0.15, 0.2) is 47.6 Å². The Hall–Kier alpha value is -1.80. The van der Waals surface area contributed by atoms with Gasteiger partial charge in [-0.25, -0.2) is 0 Å². The fourth-order valence-electron chi connectivity index (χ4n) is 1.86. The van der Waals surface area contributed by atoms with Crippen molar-refractivity contribution in [2.45, 2.75) is 13.8 Å². The van der Waals surface area contributed by atoms with Crippen LogP contribution in [0, 0.1) is 6.92 Å². The molecule has 0 aliphatic carbocycles. The highest BCUT2D eigenvalue weighted by molar-refractivity contribution is 6.33. The Kier molecular flexibility index (Phi) is 4.58. The van der Waals surface area contributed by atoms with Gasteiger partial charge in [0.2, 0.25) is 0 Å². The number of hydrogen-bond acceptors (Lipinski definition) is 2. The maximum absolute atomic E-state index is 6.26. The summed E-state index contributed by atoms with van der Waals surface area (Å²) in [5.74, 6) is 0. The first kappa shape index (κ1) is 13.6. The zero-order valence-electron chi connectivity index (χ0n) is 11.1. The minimum Gasteiger partial charge on any atom is -0.396 e. The number of aryl methyl sites for hydroxylation is 1. The molecular weight excluding hydrogens is 258 g/mol. The van der Waals surface area contributed by atoms with Crippen LogP contribution in [-0.2, 0) is 4.84 Å². The summed E-state index contributed by atoms with van der Waals surface area (Å²) in [4.78, 5) is 4.94. The highest BCUT2D eigenvalue weighted by Gasteiger charge is 2.04. The second-order valence-electron chi connectivity index (χ2n) is 4.20. The van der Waals surface area contributed by atoms with Crippen molar-refractivity contribution in [2.75, 3.05) is 6.61 Å². The zero-order valence-corrected chi connectivity index (χ0v) is 11.8. The van der Waals surface area contributed by atoms with Gasteiger partial charge in [-0.1, -0.05) is 53.2 Å². The molecule has 2 aromatic carbocycles. The number of benzene rings is 2. The number of nitrogens with zero attached hydrogens (tertiary/aromatic N) is 1. The van der Waals surface area contributed by atoms with Crippen LogP contribution in [0.2, 0.25) is 5.02 Å². The van der Waals surface area contributed by atoms with E-state index < -0.39 is 0 Å². The highest BCUT2D eigenvalue weighted by atomic mass is 35.5. The van der Waals surface area contributed by atoms with Crippen LogP contribution in [0.25, 0.3) is 11.1 Å². The fourth-order valence-corrected chi connectivity index (χ4v) is 2.09. The lowest BCUT2D eigenvalue weighted by atomic mass is 10.00. The number of rotatable bonds is 4. The molecule has 0 spiro atoms. The van der Waals surface area contributed by atoms with Gasteiger partial charge in [0.1, 0.15) is 6.61 Å².